The van der Waals surface area contributed by atoms with Crippen LogP contribution in [0.3, 0.4) is 0 Å². The van der Waals surface area contributed by atoms with Gasteiger partial charge in [-0.25, -0.2) is 9.97 Å². The maximum atomic E-state index is 6.01. The highest BCUT2D eigenvalue weighted by molar-refractivity contribution is 7.22. The number of para-hydroxylation sites is 2. The number of benzene rings is 2. The van der Waals surface area contributed by atoms with E-state index in [2.05, 4.69) is 22.1 Å². The third kappa shape index (κ3) is 2.17. The van der Waals surface area contributed by atoms with Crippen LogP contribution in [0.5, 0.6) is 0 Å². The fourth-order valence-electron chi connectivity index (χ4n) is 2.52. The first-order valence-corrected chi connectivity index (χ1v) is 8.82. The van der Waals surface area contributed by atoms with Crippen molar-refractivity contribution >= 4 is 43.1 Å². The Bertz CT molecular complexity index is 982. The summed E-state index contributed by atoms with van der Waals surface area (Å²) in [5.74, 6) is 1.58. The molecule has 0 saturated heterocycles. The molecule has 0 aliphatic heterocycles. The molecule has 2 aromatic carbocycles. The first kappa shape index (κ1) is 13.0. The summed E-state index contributed by atoms with van der Waals surface area (Å²) in [6.45, 7) is 0. The average molecular weight is 334 g/mol. The molecule has 0 N–H and O–H groups in total. The number of rotatable bonds is 2. The zero-order valence-electron chi connectivity index (χ0n) is 11.9. The molecule has 110 valence electrons. The number of hydrogen-bond donors (Lipinski definition) is 0. The molecule has 0 spiro atoms. The van der Waals surface area contributed by atoms with E-state index in [9.17, 15) is 0 Å². The van der Waals surface area contributed by atoms with Crippen LogP contribution in [0.25, 0.3) is 42.0 Å². The van der Waals surface area contributed by atoms with E-state index in [0.717, 1.165) is 32.6 Å². The van der Waals surface area contributed by atoms with Crippen LogP contribution < -0.4 is 0 Å². The molecule has 23 heavy (non-hydrogen) atoms. The second-order valence-corrected chi connectivity index (χ2v) is 7.20. The van der Waals surface area contributed by atoms with Crippen molar-refractivity contribution in [1.82, 2.24) is 9.97 Å². The van der Waals surface area contributed by atoms with Crippen LogP contribution in [0, 0.1) is 0 Å². The van der Waals surface area contributed by atoms with E-state index in [1.807, 2.05) is 48.5 Å². The highest BCUT2D eigenvalue weighted by atomic mass is 32.1. The molecule has 5 rings (SSSR count). The van der Waals surface area contributed by atoms with Gasteiger partial charge in [-0.1, -0.05) is 24.3 Å². The van der Waals surface area contributed by atoms with Gasteiger partial charge in [0.15, 0.2) is 21.5 Å². The van der Waals surface area contributed by atoms with E-state index in [-0.39, 0.29) is 0 Å². The van der Waals surface area contributed by atoms with Gasteiger partial charge >= 0.3 is 0 Å². The van der Waals surface area contributed by atoms with Crippen LogP contribution in [0.4, 0.5) is 0 Å². The van der Waals surface area contributed by atoms with Gasteiger partial charge in [0.05, 0.1) is 20.4 Å². The molecule has 3 nitrogen and oxygen atoms in total. The smallest absolute Gasteiger partial charge is 0.163 e. The van der Waals surface area contributed by atoms with Crippen molar-refractivity contribution in [3.63, 3.8) is 0 Å². The summed E-state index contributed by atoms with van der Waals surface area (Å²) in [7, 11) is 0. The van der Waals surface area contributed by atoms with Crippen LogP contribution in [-0.2, 0) is 0 Å². The molecule has 0 atom stereocenters. The lowest BCUT2D eigenvalue weighted by Crippen LogP contribution is -1.71. The Morgan fingerprint density at radius 2 is 1.09 bits per heavy atom. The molecule has 0 aliphatic carbocycles. The number of hydrogen-bond acceptors (Lipinski definition) is 5. The Morgan fingerprint density at radius 3 is 1.57 bits per heavy atom. The predicted octanol–water partition coefficient (Wildman–Crippen LogP) is 5.83. The van der Waals surface area contributed by atoms with Crippen molar-refractivity contribution in [1.29, 1.82) is 0 Å². The Balaban J connectivity index is 1.59. The monoisotopic (exact) mass is 334 g/mol. The normalized spacial score (nSPS) is 11.5. The van der Waals surface area contributed by atoms with Crippen LogP contribution in [0.1, 0.15) is 0 Å². The van der Waals surface area contributed by atoms with Gasteiger partial charge in [0.25, 0.3) is 0 Å². The van der Waals surface area contributed by atoms with E-state index in [1.54, 1.807) is 22.7 Å². The summed E-state index contributed by atoms with van der Waals surface area (Å²) in [6, 6.07) is 20.2. The molecule has 0 radical (unpaired) electrons. The highest BCUT2D eigenvalue weighted by Crippen LogP contribution is 2.36. The minimum absolute atomic E-state index is 0.792. The summed E-state index contributed by atoms with van der Waals surface area (Å²) in [4.78, 5) is 9.28. The first-order valence-electron chi connectivity index (χ1n) is 7.18. The second kappa shape index (κ2) is 5.01. The molecule has 3 aromatic heterocycles. The van der Waals surface area contributed by atoms with Crippen LogP contribution in [0.2, 0.25) is 0 Å². The van der Waals surface area contributed by atoms with Crippen LogP contribution >= 0.6 is 22.7 Å². The highest BCUT2D eigenvalue weighted by Gasteiger charge is 2.14. The van der Waals surface area contributed by atoms with Crippen molar-refractivity contribution < 1.29 is 4.42 Å². The van der Waals surface area contributed by atoms with Crippen LogP contribution in [0.15, 0.2) is 65.1 Å². The standard InChI is InChI=1S/C18H10N2OS2/c1-3-7-15-11(5-1)19-17(22-15)13-9-10-14(21-13)18-20-12-6-2-4-8-16(12)23-18/h1-10H. The van der Waals surface area contributed by atoms with Crippen molar-refractivity contribution in [3.05, 3.63) is 60.7 Å². The zero-order valence-corrected chi connectivity index (χ0v) is 13.5. The summed E-state index contributed by atoms with van der Waals surface area (Å²) >= 11 is 3.28. The maximum absolute atomic E-state index is 6.01. The van der Waals surface area contributed by atoms with Crippen molar-refractivity contribution in [3.8, 4) is 21.5 Å². The maximum Gasteiger partial charge on any atom is 0.163 e. The van der Waals surface area contributed by atoms with E-state index >= 15 is 0 Å². The van der Waals surface area contributed by atoms with Gasteiger partial charge in [0.1, 0.15) is 0 Å². The van der Waals surface area contributed by atoms with Gasteiger partial charge in [-0.3, -0.25) is 0 Å². The van der Waals surface area contributed by atoms with E-state index in [4.69, 9.17) is 4.42 Å². The van der Waals surface area contributed by atoms with Gasteiger partial charge < -0.3 is 4.42 Å². The minimum atomic E-state index is 0.792. The largest absolute Gasteiger partial charge is 0.451 e. The quantitative estimate of drug-likeness (QED) is 0.407. The minimum Gasteiger partial charge on any atom is -0.451 e. The van der Waals surface area contributed by atoms with Gasteiger partial charge in [-0.2, -0.15) is 0 Å². The Hall–Kier alpha value is -2.50. The van der Waals surface area contributed by atoms with Crippen LogP contribution in [-0.4, -0.2) is 9.97 Å². The summed E-state index contributed by atoms with van der Waals surface area (Å²) in [5, 5.41) is 1.80. The molecular formula is C18H10N2OS2. The number of fused-ring (bicyclic) bond motifs is 2. The number of furan rings is 1. The van der Waals surface area contributed by atoms with E-state index in [1.165, 1.54) is 9.40 Å². The molecule has 0 bridgehead atoms. The number of nitrogens with zero attached hydrogens (tertiary/aromatic N) is 2. The zero-order chi connectivity index (χ0) is 15.2. The van der Waals surface area contributed by atoms with Crippen molar-refractivity contribution in [2.75, 3.05) is 0 Å². The molecule has 3 heterocycles. The van der Waals surface area contributed by atoms with E-state index < -0.39 is 0 Å². The summed E-state index contributed by atoms with van der Waals surface area (Å²) < 4.78 is 8.34. The molecule has 0 amide bonds. The molecule has 0 unspecified atom stereocenters. The molecule has 0 aliphatic rings. The second-order valence-electron chi connectivity index (χ2n) is 5.14. The third-order valence-corrected chi connectivity index (χ3v) is 5.72. The fraction of sp³-hybridized carbons (Fsp3) is 0. The Morgan fingerprint density at radius 1 is 0.609 bits per heavy atom. The average Bonchev–Trinajstić information content (AvgIpc) is 3.30. The molecule has 0 fully saturated rings. The van der Waals surface area contributed by atoms with Crippen molar-refractivity contribution in [2.45, 2.75) is 0 Å². The van der Waals surface area contributed by atoms with Crippen molar-refractivity contribution in [2.24, 2.45) is 0 Å². The van der Waals surface area contributed by atoms with Gasteiger partial charge in [-0.05, 0) is 36.4 Å². The lowest BCUT2D eigenvalue weighted by atomic mass is 10.3. The van der Waals surface area contributed by atoms with Gasteiger partial charge in [-0.15, -0.1) is 22.7 Å². The van der Waals surface area contributed by atoms with Gasteiger partial charge in [0.2, 0.25) is 0 Å². The SMILES string of the molecule is c1ccc2sc(-c3ccc(-c4nc5ccccc5s4)o3)nc2c1. The molecule has 5 aromatic rings. The Kier molecular flexibility index (Phi) is 2.83. The lowest BCUT2D eigenvalue weighted by molar-refractivity contribution is 0.596. The predicted molar refractivity (Wildman–Crippen MR) is 95.9 cm³/mol. The lowest BCUT2D eigenvalue weighted by Gasteiger charge is -1.89. The topological polar surface area (TPSA) is 38.9 Å². The van der Waals surface area contributed by atoms with Gasteiger partial charge in [0, 0.05) is 0 Å². The molecular weight excluding hydrogens is 324 g/mol. The fourth-order valence-corrected chi connectivity index (χ4v) is 4.38. The number of aromatic nitrogens is 2. The number of thiazole rings is 2. The molecule has 5 heteroatoms. The summed E-state index contributed by atoms with van der Waals surface area (Å²) in [5.41, 5.74) is 2.01. The molecule has 0 saturated carbocycles. The Labute approximate surface area is 139 Å². The van der Waals surface area contributed by atoms with E-state index in [0.29, 0.717) is 0 Å². The third-order valence-electron chi connectivity index (χ3n) is 3.62. The first-order chi connectivity index (χ1) is 11.4. The summed E-state index contributed by atoms with van der Waals surface area (Å²) in [6.07, 6.45) is 0.